The molecule has 0 spiro atoms. The van der Waals surface area contributed by atoms with Gasteiger partial charge >= 0.3 is 5.97 Å². The summed E-state index contributed by atoms with van der Waals surface area (Å²) in [6, 6.07) is 7.58. The maximum absolute atomic E-state index is 12.4. The molecule has 1 aliphatic rings. The fraction of sp³-hybridized carbons (Fsp3) is 0.278. The van der Waals surface area contributed by atoms with Crippen LogP contribution in [0.15, 0.2) is 39.7 Å². The molecule has 0 amide bonds. The number of ether oxygens (including phenoxy) is 3. The largest absolute Gasteiger partial charge is 0.486 e. The quantitative estimate of drug-likeness (QED) is 0.597. The molecule has 0 bridgehead atoms. The van der Waals surface area contributed by atoms with Crippen LogP contribution in [0.4, 0.5) is 0 Å². The van der Waals surface area contributed by atoms with Crippen LogP contribution in [-0.4, -0.2) is 46.0 Å². The SMILES string of the molecule is CN(C)S(=O)(=O)c1cc(C(=O)OCc2cc(Cl)c3c(c2)OCCO3)ccc1Br. The molecule has 0 aliphatic carbocycles. The number of nitrogens with zero attached hydrogens (tertiary/aromatic N) is 1. The van der Waals surface area contributed by atoms with Crippen LogP contribution in [0.25, 0.3) is 0 Å². The van der Waals surface area contributed by atoms with Gasteiger partial charge in [-0.3, -0.25) is 0 Å². The first-order chi connectivity index (χ1) is 13.2. The Morgan fingerprint density at radius 1 is 1.21 bits per heavy atom. The highest BCUT2D eigenvalue weighted by Crippen LogP contribution is 2.38. The van der Waals surface area contributed by atoms with Crippen molar-refractivity contribution >= 4 is 43.5 Å². The van der Waals surface area contributed by atoms with E-state index in [1.54, 1.807) is 12.1 Å². The van der Waals surface area contributed by atoms with Crippen LogP contribution < -0.4 is 9.47 Å². The number of hydrogen-bond donors (Lipinski definition) is 0. The maximum atomic E-state index is 12.4. The highest BCUT2D eigenvalue weighted by molar-refractivity contribution is 9.10. The monoisotopic (exact) mass is 489 g/mol. The molecule has 7 nitrogen and oxygen atoms in total. The van der Waals surface area contributed by atoms with Crippen molar-refractivity contribution in [2.24, 2.45) is 0 Å². The fourth-order valence-electron chi connectivity index (χ4n) is 2.50. The van der Waals surface area contributed by atoms with Crippen molar-refractivity contribution in [3.63, 3.8) is 0 Å². The highest BCUT2D eigenvalue weighted by Gasteiger charge is 2.23. The number of halogens is 2. The van der Waals surface area contributed by atoms with E-state index in [9.17, 15) is 13.2 Å². The van der Waals surface area contributed by atoms with Gasteiger partial charge in [-0.25, -0.2) is 17.5 Å². The molecule has 10 heteroatoms. The molecule has 0 saturated heterocycles. The van der Waals surface area contributed by atoms with Crippen LogP contribution in [0.5, 0.6) is 11.5 Å². The normalized spacial score (nSPS) is 13.5. The zero-order valence-electron chi connectivity index (χ0n) is 15.1. The molecule has 0 N–H and O–H groups in total. The molecule has 0 radical (unpaired) electrons. The van der Waals surface area contributed by atoms with E-state index < -0.39 is 16.0 Å². The van der Waals surface area contributed by atoms with Gasteiger partial charge in [-0.05, 0) is 51.8 Å². The second-order valence-electron chi connectivity index (χ2n) is 6.11. The molecule has 0 aromatic heterocycles. The minimum Gasteiger partial charge on any atom is -0.486 e. The Labute approximate surface area is 176 Å². The molecule has 3 rings (SSSR count). The number of fused-ring (bicyclic) bond motifs is 1. The summed E-state index contributed by atoms with van der Waals surface area (Å²) in [4.78, 5) is 12.4. The van der Waals surface area contributed by atoms with Gasteiger partial charge in [-0.1, -0.05) is 11.6 Å². The first kappa shape index (κ1) is 20.9. The average Bonchev–Trinajstić information content (AvgIpc) is 2.66. The standard InChI is InChI=1S/C18H17BrClNO6S/c1-21(2)28(23,24)16-9-12(3-4-13(16)19)18(22)27-10-11-7-14(20)17-15(8-11)25-5-6-26-17/h3-4,7-9H,5-6,10H2,1-2H3. The van der Waals surface area contributed by atoms with E-state index in [1.165, 1.54) is 32.3 Å². The van der Waals surface area contributed by atoms with E-state index in [1.807, 2.05) is 0 Å². The fourth-order valence-corrected chi connectivity index (χ4v) is 4.64. The number of carbonyl (C=O) groups is 1. The van der Waals surface area contributed by atoms with Gasteiger partial charge in [0.25, 0.3) is 0 Å². The van der Waals surface area contributed by atoms with E-state index >= 15 is 0 Å². The van der Waals surface area contributed by atoms with Crippen molar-refractivity contribution in [2.75, 3.05) is 27.3 Å². The Morgan fingerprint density at radius 3 is 2.64 bits per heavy atom. The van der Waals surface area contributed by atoms with Gasteiger partial charge in [0.15, 0.2) is 11.5 Å². The third-order valence-corrected chi connectivity index (χ3v) is 7.04. The zero-order chi connectivity index (χ0) is 20.5. The van der Waals surface area contributed by atoms with Crippen LogP contribution in [0, 0.1) is 0 Å². The van der Waals surface area contributed by atoms with E-state index in [2.05, 4.69) is 15.9 Å². The maximum Gasteiger partial charge on any atom is 0.338 e. The number of sulfonamides is 1. The molecule has 1 heterocycles. The number of rotatable bonds is 5. The van der Waals surface area contributed by atoms with Gasteiger partial charge in [0, 0.05) is 18.6 Å². The van der Waals surface area contributed by atoms with Crippen LogP contribution in [0.1, 0.15) is 15.9 Å². The third kappa shape index (κ3) is 4.27. The molecular weight excluding hydrogens is 474 g/mol. The second kappa shape index (κ2) is 8.28. The minimum absolute atomic E-state index is 0.0191. The summed E-state index contributed by atoms with van der Waals surface area (Å²) in [6.45, 7) is 0.776. The van der Waals surface area contributed by atoms with Crippen LogP contribution >= 0.6 is 27.5 Å². The first-order valence-corrected chi connectivity index (χ1v) is 10.8. The molecule has 150 valence electrons. The van der Waals surface area contributed by atoms with Gasteiger partial charge in [0.2, 0.25) is 10.0 Å². The lowest BCUT2D eigenvalue weighted by molar-refractivity contribution is 0.0471. The van der Waals surface area contributed by atoms with Crippen LogP contribution in [-0.2, 0) is 21.4 Å². The molecule has 2 aromatic rings. The number of esters is 1. The topological polar surface area (TPSA) is 82.1 Å². The van der Waals surface area contributed by atoms with Crippen LogP contribution in [0.2, 0.25) is 5.02 Å². The Balaban J connectivity index is 1.78. The van der Waals surface area contributed by atoms with Gasteiger partial charge in [0.1, 0.15) is 19.8 Å². The van der Waals surface area contributed by atoms with Crippen molar-refractivity contribution in [2.45, 2.75) is 11.5 Å². The zero-order valence-corrected chi connectivity index (χ0v) is 18.2. The molecule has 0 fully saturated rings. The molecule has 1 aliphatic heterocycles. The Kier molecular flexibility index (Phi) is 6.18. The minimum atomic E-state index is -3.72. The second-order valence-corrected chi connectivity index (χ2v) is 9.49. The van der Waals surface area contributed by atoms with E-state index in [0.717, 1.165) is 4.31 Å². The van der Waals surface area contributed by atoms with Gasteiger partial charge in [-0.15, -0.1) is 0 Å². The number of carbonyl (C=O) groups excluding carboxylic acids is 1. The summed E-state index contributed by atoms with van der Waals surface area (Å²) >= 11 is 9.38. The molecular formula is C18H17BrClNO6S. The number of benzene rings is 2. The summed E-state index contributed by atoms with van der Waals surface area (Å²) in [5.41, 5.74) is 0.744. The summed E-state index contributed by atoms with van der Waals surface area (Å²) in [6.07, 6.45) is 0. The predicted octanol–water partition coefficient (Wildman–Crippen LogP) is 3.48. The summed E-state index contributed by atoms with van der Waals surface area (Å²) < 4.78 is 42.5. The molecule has 0 unspecified atom stereocenters. The predicted molar refractivity (Wildman–Crippen MR) is 107 cm³/mol. The van der Waals surface area contributed by atoms with E-state index in [-0.39, 0.29) is 17.1 Å². The van der Waals surface area contributed by atoms with Crippen molar-refractivity contribution in [1.82, 2.24) is 4.31 Å². The smallest absolute Gasteiger partial charge is 0.338 e. The Hall–Kier alpha value is -1.81. The van der Waals surface area contributed by atoms with E-state index in [4.69, 9.17) is 25.8 Å². The summed E-state index contributed by atoms with van der Waals surface area (Å²) in [5, 5.41) is 0.367. The van der Waals surface area contributed by atoms with Gasteiger partial charge < -0.3 is 14.2 Å². The summed E-state index contributed by atoms with van der Waals surface area (Å²) in [7, 11) is -0.886. The molecule has 28 heavy (non-hydrogen) atoms. The van der Waals surface area contributed by atoms with Crippen molar-refractivity contribution in [3.8, 4) is 11.5 Å². The van der Waals surface area contributed by atoms with Gasteiger partial charge in [-0.2, -0.15) is 0 Å². The highest BCUT2D eigenvalue weighted by atomic mass is 79.9. The lowest BCUT2D eigenvalue weighted by Crippen LogP contribution is -2.23. The summed E-state index contributed by atoms with van der Waals surface area (Å²) in [5.74, 6) is 0.302. The third-order valence-electron chi connectivity index (χ3n) is 3.95. The van der Waals surface area contributed by atoms with Crippen molar-refractivity contribution < 1.29 is 27.4 Å². The molecule has 0 atom stereocenters. The average molecular weight is 491 g/mol. The Bertz CT molecular complexity index is 1020. The lowest BCUT2D eigenvalue weighted by Gasteiger charge is -2.20. The van der Waals surface area contributed by atoms with Crippen molar-refractivity contribution in [3.05, 3.63) is 51.0 Å². The van der Waals surface area contributed by atoms with Crippen LogP contribution in [0.3, 0.4) is 0 Å². The van der Waals surface area contributed by atoms with Gasteiger partial charge in [0.05, 0.1) is 15.5 Å². The first-order valence-electron chi connectivity index (χ1n) is 8.17. The Morgan fingerprint density at radius 2 is 1.93 bits per heavy atom. The molecule has 0 saturated carbocycles. The lowest BCUT2D eigenvalue weighted by atomic mass is 10.2. The van der Waals surface area contributed by atoms with Crippen molar-refractivity contribution in [1.29, 1.82) is 0 Å². The van der Waals surface area contributed by atoms with E-state index in [0.29, 0.717) is 39.8 Å². The number of hydrogen-bond acceptors (Lipinski definition) is 6. The molecule has 2 aromatic carbocycles.